The predicted molar refractivity (Wildman–Crippen MR) is 114 cm³/mol. The van der Waals surface area contributed by atoms with Gasteiger partial charge in [0.2, 0.25) is 10.0 Å². The fourth-order valence-corrected chi connectivity index (χ4v) is 4.88. The highest BCUT2D eigenvalue weighted by Gasteiger charge is 2.27. The van der Waals surface area contributed by atoms with Crippen molar-refractivity contribution >= 4 is 44.3 Å². The molecule has 4 rings (SSSR count). The molecule has 1 saturated heterocycles. The van der Waals surface area contributed by atoms with Gasteiger partial charge in [-0.15, -0.1) is 0 Å². The average molecular weight is 467 g/mol. The Morgan fingerprint density at radius 2 is 1.87 bits per heavy atom. The normalized spacial score (nSPS) is 15.1. The van der Waals surface area contributed by atoms with E-state index in [0.717, 1.165) is 0 Å². The van der Waals surface area contributed by atoms with Crippen LogP contribution in [0.15, 0.2) is 46.1 Å². The Balaban J connectivity index is 1.39. The Morgan fingerprint density at radius 1 is 1.13 bits per heavy atom. The minimum Gasteiger partial charge on any atom is -0.482 e. The van der Waals surface area contributed by atoms with Gasteiger partial charge in [0.05, 0.1) is 34.2 Å². The molecule has 0 atom stereocenters. The number of fused-ring (bicyclic) bond motifs is 1. The van der Waals surface area contributed by atoms with Crippen molar-refractivity contribution in [2.45, 2.75) is 4.90 Å². The first-order valence-corrected chi connectivity index (χ1v) is 11.2. The Kier molecular flexibility index (Phi) is 6.01. The van der Waals surface area contributed by atoms with Crippen molar-refractivity contribution in [2.24, 2.45) is 0 Å². The summed E-state index contributed by atoms with van der Waals surface area (Å²) in [6.07, 6.45) is 0. The summed E-state index contributed by atoms with van der Waals surface area (Å²) in [7, 11) is -3.68. The van der Waals surface area contributed by atoms with Gasteiger partial charge in [-0.05, 0) is 36.4 Å². The molecule has 0 bridgehead atoms. The van der Waals surface area contributed by atoms with Crippen LogP contribution in [0.4, 0.5) is 5.69 Å². The molecule has 0 aliphatic carbocycles. The lowest BCUT2D eigenvalue weighted by Crippen LogP contribution is -2.40. The third kappa shape index (κ3) is 4.74. The maximum absolute atomic E-state index is 12.7. The largest absolute Gasteiger partial charge is 0.482 e. The third-order valence-electron chi connectivity index (χ3n) is 4.67. The van der Waals surface area contributed by atoms with Crippen LogP contribution in [0.2, 0.25) is 5.02 Å². The number of H-pyrrole nitrogens is 2. The zero-order chi connectivity index (χ0) is 22.0. The molecule has 1 aromatic heterocycles. The van der Waals surface area contributed by atoms with Gasteiger partial charge < -0.3 is 24.8 Å². The molecule has 1 aliphatic rings. The highest BCUT2D eigenvalue weighted by molar-refractivity contribution is 7.89. The summed E-state index contributed by atoms with van der Waals surface area (Å²) in [5.74, 6) is -0.263. The molecule has 2 aromatic carbocycles. The molecular formula is C19H19ClN4O6S. The molecule has 164 valence electrons. The number of aromatic amines is 2. The number of rotatable bonds is 6. The zero-order valence-electron chi connectivity index (χ0n) is 16.2. The minimum absolute atomic E-state index is 0.0463. The van der Waals surface area contributed by atoms with Gasteiger partial charge in [-0.3, -0.25) is 4.79 Å². The number of hydrogen-bond donors (Lipinski definition) is 3. The van der Waals surface area contributed by atoms with Crippen LogP contribution in [0.3, 0.4) is 0 Å². The Morgan fingerprint density at radius 3 is 2.61 bits per heavy atom. The number of hydrogen-bond acceptors (Lipinski definition) is 6. The summed E-state index contributed by atoms with van der Waals surface area (Å²) in [4.78, 5) is 28.8. The number of nitrogens with one attached hydrogen (secondary N) is 3. The fourth-order valence-electron chi connectivity index (χ4n) is 3.15. The maximum Gasteiger partial charge on any atom is 0.323 e. The van der Waals surface area contributed by atoms with Crippen LogP contribution in [0.25, 0.3) is 11.0 Å². The van der Waals surface area contributed by atoms with Crippen molar-refractivity contribution in [2.75, 3.05) is 38.2 Å². The van der Waals surface area contributed by atoms with Gasteiger partial charge in [0.25, 0.3) is 5.91 Å². The van der Waals surface area contributed by atoms with E-state index in [4.69, 9.17) is 21.1 Å². The van der Waals surface area contributed by atoms with Crippen LogP contribution in [0, 0.1) is 0 Å². The van der Waals surface area contributed by atoms with Crippen molar-refractivity contribution in [3.63, 3.8) is 0 Å². The molecule has 31 heavy (non-hydrogen) atoms. The number of morpholine rings is 1. The third-order valence-corrected chi connectivity index (χ3v) is 6.86. The fraction of sp³-hybridized carbons (Fsp3) is 0.263. The lowest BCUT2D eigenvalue weighted by Gasteiger charge is -2.26. The monoisotopic (exact) mass is 466 g/mol. The molecule has 1 fully saturated rings. The lowest BCUT2D eigenvalue weighted by atomic mass is 10.3. The topological polar surface area (TPSA) is 134 Å². The van der Waals surface area contributed by atoms with E-state index in [2.05, 4.69) is 15.3 Å². The molecule has 3 N–H and O–H groups in total. The number of benzene rings is 2. The van der Waals surface area contributed by atoms with E-state index in [1.54, 1.807) is 18.2 Å². The van der Waals surface area contributed by atoms with E-state index in [0.29, 0.717) is 29.9 Å². The van der Waals surface area contributed by atoms with Gasteiger partial charge in [-0.2, -0.15) is 4.31 Å². The molecule has 0 spiro atoms. The van der Waals surface area contributed by atoms with E-state index in [1.165, 1.54) is 22.5 Å². The second-order valence-corrected chi connectivity index (χ2v) is 9.13. The molecule has 0 saturated carbocycles. The van der Waals surface area contributed by atoms with Crippen molar-refractivity contribution in [3.05, 3.63) is 51.9 Å². The van der Waals surface area contributed by atoms with Crippen molar-refractivity contribution < 1.29 is 22.7 Å². The molecule has 12 heteroatoms. The second kappa shape index (κ2) is 8.71. The lowest BCUT2D eigenvalue weighted by molar-refractivity contribution is -0.118. The summed E-state index contributed by atoms with van der Waals surface area (Å²) < 4.78 is 37.4. The summed E-state index contributed by atoms with van der Waals surface area (Å²) in [5.41, 5.74) is 1.33. The van der Waals surface area contributed by atoms with E-state index in [1.807, 2.05) is 0 Å². The molecule has 1 aliphatic heterocycles. The van der Waals surface area contributed by atoms with Crippen LogP contribution >= 0.6 is 11.6 Å². The van der Waals surface area contributed by atoms with Crippen LogP contribution < -0.4 is 15.7 Å². The SMILES string of the molecule is O=C(COc1ccc(S(=O)(=O)N2CCOCC2)cc1Cl)Nc1ccc2[nH]c(=O)[nH]c2c1. The molecule has 0 radical (unpaired) electrons. The van der Waals surface area contributed by atoms with Gasteiger partial charge in [0.15, 0.2) is 6.61 Å². The highest BCUT2D eigenvalue weighted by atomic mass is 35.5. The van der Waals surface area contributed by atoms with Gasteiger partial charge in [-0.25, -0.2) is 13.2 Å². The van der Waals surface area contributed by atoms with Crippen molar-refractivity contribution in [3.8, 4) is 5.75 Å². The van der Waals surface area contributed by atoms with Gasteiger partial charge >= 0.3 is 5.69 Å². The smallest absolute Gasteiger partial charge is 0.323 e. The molecular weight excluding hydrogens is 448 g/mol. The van der Waals surface area contributed by atoms with E-state index < -0.39 is 15.9 Å². The highest BCUT2D eigenvalue weighted by Crippen LogP contribution is 2.29. The van der Waals surface area contributed by atoms with Crippen LogP contribution in [0.1, 0.15) is 0 Å². The quantitative estimate of drug-likeness (QED) is 0.504. The summed E-state index contributed by atoms with van der Waals surface area (Å²) in [6, 6.07) is 9.02. The van der Waals surface area contributed by atoms with Crippen LogP contribution in [0.5, 0.6) is 5.75 Å². The Labute approximate surface area is 182 Å². The number of imidazole rings is 1. The molecule has 3 aromatic rings. The minimum atomic E-state index is -3.68. The summed E-state index contributed by atoms with van der Waals surface area (Å²) in [5, 5.41) is 2.73. The molecule has 10 nitrogen and oxygen atoms in total. The predicted octanol–water partition coefficient (Wildman–Crippen LogP) is 1.55. The van der Waals surface area contributed by atoms with Gasteiger partial charge in [0, 0.05) is 18.8 Å². The number of carbonyl (C=O) groups excluding carboxylic acids is 1. The van der Waals surface area contributed by atoms with Crippen LogP contribution in [-0.2, 0) is 19.6 Å². The number of anilines is 1. The van der Waals surface area contributed by atoms with Gasteiger partial charge in [0.1, 0.15) is 5.75 Å². The maximum atomic E-state index is 12.7. The van der Waals surface area contributed by atoms with Crippen molar-refractivity contribution in [1.29, 1.82) is 0 Å². The number of amides is 1. The zero-order valence-corrected chi connectivity index (χ0v) is 17.8. The average Bonchev–Trinajstić information content (AvgIpc) is 3.12. The van der Waals surface area contributed by atoms with E-state index in [9.17, 15) is 18.0 Å². The number of sulfonamides is 1. The standard InChI is InChI=1S/C19H19ClN4O6S/c20-14-10-13(31(27,28)24-5-7-29-8-6-24)2-4-17(14)30-11-18(25)21-12-1-3-15-16(9-12)23-19(26)22-15/h1-4,9-10H,5-8,11H2,(H,21,25)(H2,22,23,26). The number of aromatic nitrogens is 2. The van der Waals surface area contributed by atoms with Crippen molar-refractivity contribution in [1.82, 2.24) is 14.3 Å². The van der Waals surface area contributed by atoms with Gasteiger partial charge in [-0.1, -0.05) is 11.6 Å². The number of halogens is 1. The summed E-state index contributed by atoms with van der Waals surface area (Å²) >= 11 is 6.18. The number of ether oxygens (including phenoxy) is 2. The van der Waals surface area contributed by atoms with E-state index >= 15 is 0 Å². The second-order valence-electron chi connectivity index (χ2n) is 6.79. The Bertz CT molecular complexity index is 1280. The first-order valence-electron chi connectivity index (χ1n) is 9.35. The first kappa shape index (κ1) is 21.4. The molecule has 0 unspecified atom stereocenters. The number of carbonyl (C=O) groups is 1. The molecule has 2 heterocycles. The van der Waals surface area contributed by atoms with Crippen LogP contribution in [-0.4, -0.2) is 61.5 Å². The number of nitrogens with zero attached hydrogens (tertiary/aromatic N) is 1. The molecule has 1 amide bonds. The Hall–Kier alpha value is -2.86. The van der Waals surface area contributed by atoms with E-state index in [-0.39, 0.29) is 41.1 Å². The summed E-state index contributed by atoms with van der Waals surface area (Å²) in [6.45, 7) is 0.908. The first-order chi connectivity index (χ1) is 14.8.